The van der Waals surface area contributed by atoms with Crippen molar-refractivity contribution in [2.75, 3.05) is 11.9 Å². The fourth-order valence-electron chi connectivity index (χ4n) is 2.02. The molecule has 4 heteroatoms. The average molecular weight is 286 g/mol. The van der Waals surface area contributed by atoms with E-state index in [-0.39, 0.29) is 24.3 Å². The minimum Gasteiger partial charge on any atom is -0.325 e. The van der Waals surface area contributed by atoms with Crippen LogP contribution in [0.1, 0.15) is 24.1 Å². The highest BCUT2D eigenvalue weighted by molar-refractivity contribution is 5.92. The van der Waals surface area contributed by atoms with E-state index in [0.29, 0.717) is 5.56 Å². The molecule has 1 atom stereocenters. The second kappa shape index (κ2) is 6.99. The van der Waals surface area contributed by atoms with Gasteiger partial charge >= 0.3 is 0 Å². The number of carbonyl (C=O) groups excluding carboxylic acids is 1. The molecule has 0 radical (unpaired) electrons. The van der Waals surface area contributed by atoms with Crippen molar-refractivity contribution in [3.8, 4) is 0 Å². The number of aryl methyl sites for hydroxylation is 1. The number of halogens is 1. The molecular weight excluding hydrogens is 267 g/mol. The number of hydrogen-bond acceptors (Lipinski definition) is 2. The van der Waals surface area contributed by atoms with Gasteiger partial charge in [-0.3, -0.25) is 4.79 Å². The minimum absolute atomic E-state index is 0.128. The van der Waals surface area contributed by atoms with E-state index in [0.717, 1.165) is 11.3 Å². The van der Waals surface area contributed by atoms with Crippen molar-refractivity contribution >= 4 is 11.6 Å². The second-order valence-corrected chi connectivity index (χ2v) is 5.04. The van der Waals surface area contributed by atoms with Crippen LogP contribution in [0.3, 0.4) is 0 Å². The van der Waals surface area contributed by atoms with Crippen LogP contribution in [0.15, 0.2) is 48.5 Å². The highest BCUT2D eigenvalue weighted by Gasteiger charge is 2.11. The van der Waals surface area contributed by atoms with E-state index in [9.17, 15) is 9.18 Å². The Labute approximate surface area is 124 Å². The highest BCUT2D eigenvalue weighted by atomic mass is 19.1. The Balaban J connectivity index is 1.86. The smallest absolute Gasteiger partial charge is 0.238 e. The summed E-state index contributed by atoms with van der Waals surface area (Å²) in [5.74, 6) is -0.418. The summed E-state index contributed by atoms with van der Waals surface area (Å²) in [5.41, 5.74) is 2.45. The first kappa shape index (κ1) is 15.2. The molecule has 0 aromatic heterocycles. The van der Waals surface area contributed by atoms with Gasteiger partial charge in [0, 0.05) is 17.3 Å². The van der Waals surface area contributed by atoms with Gasteiger partial charge in [0.15, 0.2) is 0 Å². The van der Waals surface area contributed by atoms with E-state index in [1.165, 1.54) is 6.07 Å². The lowest BCUT2D eigenvalue weighted by Gasteiger charge is -2.15. The van der Waals surface area contributed by atoms with Gasteiger partial charge in [-0.1, -0.05) is 35.9 Å². The summed E-state index contributed by atoms with van der Waals surface area (Å²) in [7, 11) is 0. The molecule has 0 saturated carbocycles. The molecule has 0 spiro atoms. The molecule has 2 aromatic rings. The highest BCUT2D eigenvalue weighted by Crippen LogP contribution is 2.15. The SMILES string of the molecule is Cc1ccc(NC(=O)CNC(C)c2ccccc2F)cc1. The first-order chi connectivity index (χ1) is 10.1. The zero-order valence-corrected chi connectivity index (χ0v) is 12.2. The monoisotopic (exact) mass is 286 g/mol. The molecule has 2 N–H and O–H groups in total. The topological polar surface area (TPSA) is 41.1 Å². The van der Waals surface area contributed by atoms with Gasteiger partial charge in [0.2, 0.25) is 5.91 Å². The number of benzene rings is 2. The Kier molecular flexibility index (Phi) is 5.06. The zero-order chi connectivity index (χ0) is 15.2. The number of carbonyl (C=O) groups is 1. The van der Waals surface area contributed by atoms with Gasteiger partial charge in [0.1, 0.15) is 5.82 Å². The Morgan fingerprint density at radius 1 is 1.14 bits per heavy atom. The van der Waals surface area contributed by atoms with Crippen LogP contribution in [0, 0.1) is 12.7 Å². The van der Waals surface area contributed by atoms with Crippen LogP contribution in [0.4, 0.5) is 10.1 Å². The Bertz CT molecular complexity index is 610. The molecule has 2 rings (SSSR count). The molecule has 0 bridgehead atoms. The molecule has 0 aliphatic carbocycles. The summed E-state index contributed by atoms with van der Waals surface area (Å²) < 4.78 is 13.6. The lowest BCUT2D eigenvalue weighted by molar-refractivity contribution is -0.115. The summed E-state index contributed by atoms with van der Waals surface area (Å²) in [6.45, 7) is 3.95. The van der Waals surface area contributed by atoms with Crippen molar-refractivity contribution in [3.63, 3.8) is 0 Å². The maximum absolute atomic E-state index is 13.6. The van der Waals surface area contributed by atoms with Gasteiger partial charge < -0.3 is 10.6 Å². The normalized spacial score (nSPS) is 12.0. The Morgan fingerprint density at radius 2 is 1.81 bits per heavy atom. The minimum atomic E-state index is -0.267. The van der Waals surface area contributed by atoms with Gasteiger partial charge in [0.05, 0.1) is 6.54 Å². The average Bonchev–Trinajstić information content (AvgIpc) is 2.48. The van der Waals surface area contributed by atoms with Crippen molar-refractivity contribution in [2.24, 2.45) is 0 Å². The van der Waals surface area contributed by atoms with Gasteiger partial charge in [-0.25, -0.2) is 4.39 Å². The van der Waals surface area contributed by atoms with Crippen LogP contribution >= 0.6 is 0 Å². The van der Waals surface area contributed by atoms with E-state index in [2.05, 4.69) is 10.6 Å². The summed E-state index contributed by atoms with van der Waals surface area (Å²) in [6.07, 6.45) is 0. The van der Waals surface area contributed by atoms with Crippen molar-refractivity contribution in [3.05, 3.63) is 65.5 Å². The maximum atomic E-state index is 13.6. The molecule has 0 aliphatic rings. The third-order valence-electron chi connectivity index (χ3n) is 3.28. The largest absolute Gasteiger partial charge is 0.325 e. The lowest BCUT2D eigenvalue weighted by atomic mass is 10.1. The van der Waals surface area contributed by atoms with Crippen molar-refractivity contribution in [2.45, 2.75) is 19.9 Å². The molecule has 1 unspecified atom stereocenters. The van der Waals surface area contributed by atoms with Crippen molar-refractivity contribution in [1.29, 1.82) is 0 Å². The summed E-state index contributed by atoms with van der Waals surface area (Å²) in [6, 6.07) is 13.9. The van der Waals surface area contributed by atoms with Crippen LogP contribution in [0.2, 0.25) is 0 Å². The van der Waals surface area contributed by atoms with Crippen molar-refractivity contribution < 1.29 is 9.18 Å². The number of nitrogens with one attached hydrogen (secondary N) is 2. The molecule has 0 aliphatic heterocycles. The molecular formula is C17H19FN2O. The van der Waals surface area contributed by atoms with E-state index < -0.39 is 0 Å². The van der Waals surface area contributed by atoms with Crippen molar-refractivity contribution in [1.82, 2.24) is 5.32 Å². The molecule has 0 heterocycles. The van der Waals surface area contributed by atoms with Crippen LogP contribution in [0.25, 0.3) is 0 Å². The summed E-state index contributed by atoms with van der Waals surface area (Å²) in [4.78, 5) is 11.9. The molecule has 0 fully saturated rings. The Hall–Kier alpha value is -2.20. The molecule has 21 heavy (non-hydrogen) atoms. The lowest BCUT2D eigenvalue weighted by Crippen LogP contribution is -2.30. The molecule has 3 nitrogen and oxygen atoms in total. The van der Waals surface area contributed by atoms with Crippen LogP contribution in [-0.2, 0) is 4.79 Å². The number of amides is 1. The van der Waals surface area contributed by atoms with E-state index in [1.54, 1.807) is 18.2 Å². The van der Waals surface area contributed by atoms with Crippen LogP contribution in [-0.4, -0.2) is 12.5 Å². The van der Waals surface area contributed by atoms with E-state index >= 15 is 0 Å². The third kappa shape index (κ3) is 4.39. The van der Waals surface area contributed by atoms with E-state index in [4.69, 9.17) is 0 Å². The molecule has 2 aromatic carbocycles. The standard InChI is InChI=1S/C17H19FN2O/c1-12-7-9-14(10-8-12)20-17(21)11-19-13(2)15-5-3-4-6-16(15)18/h3-10,13,19H,11H2,1-2H3,(H,20,21). The van der Waals surface area contributed by atoms with Gasteiger partial charge in [-0.05, 0) is 32.0 Å². The molecule has 110 valence electrons. The van der Waals surface area contributed by atoms with E-state index in [1.807, 2.05) is 38.1 Å². The fraction of sp³-hybridized carbons (Fsp3) is 0.235. The summed E-state index contributed by atoms with van der Waals surface area (Å²) in [5, 5.41) is 5.81. The number of rotatable bonds is 5. The number of anilines is 1. The van der Waals surface area contributed by atoms with Gasteiger partial charge in [0.25, 0.3) is 0 Å². The quantitative estimate of drug-likeness (QED) is 0.884. The molecule has 1 amide bonds. The predicted molar refractivity (Wildman–Crippen MR) is 82.6 cm³/mol. The van der Waals surface area contributed by atoms with Gasteiger partial charge in [-0.2, -0.15) is 0 Å². The molecule has 0 saturated heterocycles. The summed E-state index contributed by atoms with van der Waals surface area (Å²) >= 11 is 0. The first-order valence-electron chi connectivity index (χ1n) is 6.90. The third-order valence-corrected chi connectivity index (χ3v) is 3.28. The number of hydrogen-bond donors (Lipinski definition) is 2. The first-order valence-corrected chi connectivity index (χ1v) is 6.90. The second-order valence-electron chi connectivity index (χ2n) is 5.04. The zero-order valence-electron chi connectivity index (χ0n) is 12.2. The Morgan fingerprint density at radius 3 is 2.48 bits per heavy atom. The predicted octanol–water partition coefficient (Wildman–Crippen LogP) is 3.42. The fourth-order valence-corrected chi connectivity index (χ4v) is 2.02. The van der Waals surface area contributed by atoms with Gasteiger partial charge in [-0.15, -0.1) is 0 Å². The van der Waals surface area contributed by atoms with Crippen LogP contribution < -0.4 is 10.6 Å². The van der Waals surface area contributed by atoms with Crippen LogP contribution in [0.5, 0.6) is 0 Å². The maximum Gasteiger partial charge on any atom is 0.238 e.